The number of hydrogen-bond acceptors (Lipinski definition) is 4. The summed E-state index contributed by atoms with van der Waals surface area (Å²) in [5.74, 6) is -0.745. The first-order valence-electron chi connectivity index (χ1n) is 8.28. The molecule has 1 N–H and O–H groups in total. The van der Waals surface area contributed by atoms with E-state index in [4.69, 9.17) is 16.3 Å². The third-order valence-corrected chi connectivity index (χ3v) is 5.07. The molecule has 1 aromatic carbocycles. The van der Waals surface area contributed by atoms with Gasteiger partial charge in [-0.1, -0.05) is 24.1 Å². The number of halogens is 1. The first-order chi connectivity index (χ1) is 11.5. The van der Waals surface area contributed by atoms with Gasteiger partial charge in [-0.15, -0.1) is 0 Å². The highest BCUT2D eigenvalue weighted by molar-refractivity contribution is 6.30. The highest BCUT2D eigenvalue weighted by atomic mass is 35.5. The molecular weight excluding hydrogens is 330 g/mol. The molecule has 0 spiro atoms. The molecule has 0 saturated heterocycles. The standard InChI is InChI=1S/C18H20ClNO4/c19-14-5-2-6-15(9-14)20-16(21)10-24-18(23)13-7-11-3-1-4-12(8-13)17(11)22/h2,5-6,9,11-13H,1,3-4,7-8,10H2,(H,20,21)/t11-,12+,13?. The Morgan fingerprint density at radius 2 is 1.92 bits per heavy atom. The number of rotatable bonds is 4. The summed E-state index contributed by atoms with van der Waals surface area (Å²) in [7, 11) is 0. The Kier molecular flexibility index (Phi) is 5.19. The maximum atomic E-state index is 12.2. The molecule has 3 rings (SSSR count). The van der Waals surface area contributed by atoms with Crippen LogP contribution in [0.1, 0.15) is 32.1 Å². The Labute approximate surface area is 145 Å². The van der Waals surface area contributed by atoms with E-state index >= 15 is 0 Å². The quantitative estimate of drug-likeness (QED) is 0.847. The van der Waals surface area contributed by atoms with E-state index in [1.165, 1.54) is 0 Å². The van der Waals surface area contributed by atoms with Crippen molar-refractivity contribution in [2.45, 2.75) is 32.1 Å². The smallest absolute Gasteiger partial charge is 0.309 e. The molecule has 0 aliphatic heterocycles. The molecule has 2 fully saturated rings. The molecule has 128 valence electrons. The second-order valence-electron chi connectivity index (χ2n) is 6.56. The van der Waals surface area contributed by atoms with Gasteiger partial charge in [-0.2, -0.15) is 0 Å². The number of carbonyl (C=O) groups excluding carboxylic acids is 3. The van der Waals surface area contributed by atoms with E-state index in [0.29, 0.717) is 29.3 Å². The lowest BCUT2D eigenvalue weighted by atomic mass is 9.67. The number of esters is 1. The molecule has 2 bridgehead atoms. The van der Waals surface area contributed by atoms with Crippen LogP contribution in [0.5, 0.6) is 0 Å². The van der Waals surface area contributed by atoms with Crippen LogP contribution in [0.25, 0.3) is 0 Å². The summed E-state index contributed by atoms with van der Waals surface area (Å²) >= 11 is 5.85. The molecule has 6 heteroatoms. The molecular formula is C18H20ClNO4. The van der Waals surface area contributed by atoms with Crippen LogP contribution >= 0.6 is 11.6 Å². The van der Waals surface area contributed by atoms with Gasteiger partial charge in [0.2, 0.25) is 0 Å². The molecule has 1 aromatic rings. The van der Waals surface area contributed by atoms with Crippen LogP contribution in [-0.4, -0.2) is 24.3 Å². The first-order valence-corrected chi connectivity index (χ1v) is 8.66. The predicted molar refractivity (Wildman–Crippen MR) is 89.6 cm³/mol. The minimum Gasteiger partial charge on any atom is -0.455 e. The second kappa shape index (κ2) is 7.34. The molecule has 1 amide bonds. The van der Waals surface area contributed by atoms with Gasteiger partial charge in [0.25, 0.3) is 5.91 Å². The molecule has 1 unspecified atom stereocenters. The van der Waals surface area contributed by atoms with Crippen LogP contribution in [0, 0.1) is 17.8 Å². The Bertz CT molecular complexity index is 644. The summed E-state index contributed by atoms with van der Waals surface area (Å²) in [5.41, 5.74) is 0.557. The molecule has 24 heavy (non-hydrogen) atoms. The monoisotopic (exact) mass is 349 g/mol. The van der Waals surface area contributed by atoms with Gasteiger partial charge in [0.15, 0.2) is 6.61 Å². The van der Waals surface area contributed by atoms with E-state index in [-0.39, 0.29) is 30.3 Å². The van der Waals surface area contributed by atoms with E-state index in [2.05, 4.69) is 5.32 Å². The summed E-state index contributed by atoms with van der Waals surface area (Å²) in [6, 6.07) is 6.76. The maximum absolute atomic E-state index is 12.2. The average Bonchev–Trinajstić information content (AvgIpc) is 2.52. The lowest BCUT2D eigenvalue weighted by molar-refractivity contribution is -0.155. The molecule has 2 saturated carbocycles. The van der Waals surface area contributed by atoms with E-state index in [0.717, 1.165) is 19.3 Å². The van der Waals surface area contributed by atoms with Gasteiger partial charge in [0.05, 0.1) is 5.92 Å². The van der Waals surface area contributed by atoms with Crippen molar-refractivity contribution in [3.8, 4) is 0 Å². The Hall–Kier alpha value is -1.88. The number of amides is 1. The van der Waals surface area contributed by atoms with E-state index in [9.17, 15) is 14.4 Å². The highest BCUT2D eigenvalue weighted by Crippen LogP contribution is 2.40. The van der Waals surface area contributed by atoms with Crippen LogP contribution in [0.4, 0.5) is 5.69 Å². The van der Waals surface area contributed by atoms with E-state index in [1.54, 1.807) is 24.3 Å². The van der Waals surface area contributed by atoms with Gasteiger partial charge in [-0.25, -0.2) is 0 Å². The highest BCUT2D eigenvalue weighted by Gasteiger charge is 2.41. The fourth-order valence-corrected chi connectivity index (χ4v) is 3.88. The van der Waals surface area contributed by atoms with Crippen LogP contribution in [0.3, 0.4) is 0 Å². The van der Waals surface area contributed by atoms with Crippen molar-refractivity contribution in [1.82, 2.24) is 0 Å². The maximum Gasteiger partial charge on any atom is 0.309 e. The van der Waals surface area contributed by atoms with Crippen molar-refractivity contribution in [3.05, 3.63) is 29.3 Å². The van der Waals surface area contributed by atoms with Crippen molar-refractivity contribution in [3.63, 3.8) is 0 Å². The summed E-state index contributed by atoms with van der Waals surface area (Å²) in [6.07, 6.45) is 3.92. The van der Waals surface area contributed by atoms with Gasteiger partial charge in [0, 0.05) is 22.5 Å². The molecule has 3 atom stereocenters. The number of benzene rings is 1. The lowest BCUT2D eigenvalue weighted by Gasteiger charge is -2.36. The fraction of sp³-hybridized carbons (Fsp3) is 0.500. The lowest BCUT2D eigenvalue weighted by Crippen LogP contribution is -2.40. The van der Waals surface area contributed by atoms with E-state index < -0.39 is 5.91 Å². The number of carbonyl (C=O) groups is 3. The number of anilines is 1. The fourth-order valence-electron chi connectivity index (χ4n) is 3.69. The first kappa shape index (κ1) is 17.0. The zero-order chi connectivity index (χ0) is 17.1. The normalized spacial score (nSPS) is 25.9. The predicted octanol–water partition coefficient (Wildman–Crippen LogP) is 3.22. The van der Waals surface area contributed by atoms with Crippen molar-refractivity contribution in [1.29, 1.82) is 0 Å². The Morgan fingerprint density at radius 3 is 2.58 bits per heavy atom. The minimum absolute atomic E-state index is 0.00432. The number of Topliss-reactive ketones (excluding diaryl/α,β-unsaturated/α-hetero) is 1. The number of fused-ring (bicyclic) bond motifs is 2. The van der Waals surface area contributed by atoms with Crippen LogP contribution in [0.2, 0.25) is 5.02 Å². The molecule has 2 aliphatic carbocycles. The summed E-state index contributed by atoms with van der Waals surface area (Å²) < 4.78 is 5.15. The SMILES string of the molecule is O=C(COC(=O)C1C[C@H]2CCC[C@@H](C1)C2=O)Nc1cccc(Cl)c1. The van der Waals surface area contributed by atoms with Crippen LogP contribution in [0.15, 0.2) is 24.3 Å². The van der Waals surface area contributed by atoms with Crippen molar-refractivity contribution in [2.75, 3.05) is 11.9 Å². The Morgan fingerprint density at radius 1 is 1.21 bits per heavy atom. The van der Waals surface area contributed by atoms with Crippen LogP contribution in [-0.2, 0) is 19.1 Å². The third kappa shape index (κ3) is 3.96. The van der Waals surface area contributed by atoms with Gasteiger partial charge >= 0.3 is 5.97 Å². The number of hydrogen-bond donors (Lipinski definition) is 1. The number of ether oxygens (including phenoxy) is 1. The average molecular weight is 350 g/mol. The molecule has 0 radical (unpaired) electrons. The number of ketones is 1. The summed E-state index contributed by atoms with van der Waals surface area (Å²) in [5, 5.41) is 3.15. The molecule has 2 aliphatic rings. The van der Waals surface area contributed by atoms with Crippen molar-refractivity contribution in [2.24, 2.45) is 17.8 Å². The topological polar surface area (TPSA) is 72.5 Å². The summed E-state index contributed by atoms with van der Waals surface area (Å²) in [4.78, 5) is 36.1. The van der Waals surface area contributed by atoms with Crippen LogP contribution < -0.4 is 5.32 Å². The zero-order valence-corrected chi connectivity index (χ0v) is 14.1. The van der Waals surface area contributed by atoms with Gasteiger partial charge in [0.1, 0.15) is 5.78 Å². The number of nitrogens with one attached hydrogen (secondary N) is 1. The zero-order valence-electron chi connectivity index (χ0n) is 13.3. The van der Waals surface area contributed by atoms with Gasteiger partial charge in [-0.05, 0) is 43.9 Å². The molecule has 0 heterocycles. The van der Waals surface area contributed by atoms with Gasteiger partial charge < -0.3 is 10.1 Å². The minimum atomic E-state index is -0.405. The van der Waals surface area contributed by atoms with Crippen molar-refractivity contribution >= 4 is 34.9 Å². The summed E-state index contributed by atoms with van der Waals surface area (Å²) in [6.45, 7) is -0.328. The van der Waals surface area contributed by atoms with Gasteiger partial charge in [-0.3, -0.25) is 14.4 Å². The molecule has 5 nitrogen and oxygen atoms in total. The van der Waals surface area contributed by atoms with E-state index in [1.807, 2.05) is 0 Å². The van der Waals surface area contributed by atoms with Crippen molar-refractivity contribution < 1.29 is 19.1 Å². The third-order valence-electron chi connectivity index (χ3n) is 4.84. The largest absolute Gasteiger partial charge is 0.455 e. The molecule has 0 aromatic heterocycles. The Balaban J connectivity index is 1.48. The second-order valence-corrected chi connectivity index (χ2v) is 7.00.